The highest BCUT2D eigenvalue weighted by molar-refractivity contribution is 7.71. The fourth-order valence-electron chi connectivity index (χ4n) is 3.97. The van der Waals surface area contributed by atoms with E-state index < -0.39 is 0 Å². The topological polar surface area (TPSA) is 25.5 Å². The normalized spacial score (nSPS) is 14.8. The van der Waals surface area contributed by atoms with Gasteiger partial charge in [0.25, 0.3) is 0 Å². The van der Waals surface area contributed by atoms with Gasteiger partial charge in [0, 0.05) is 18.5 Å². The van der Waals surface area contributed by atoms with Crippen LogP contribution in [0.5, 0.6) is 0 Å². The fourth-order valence-corrected chi connectivity index (χ4v) is 4.26. The quantitative estimate of drug-likeness (QED) is 0.497. The molecule has 4 aromatic rings. The highest BCUT2D eigenvalue weighted by Gasteiger charge is 2.17. The number of hydrogen-bond donors (Lipinski definition) is 0. The average molecular weight is 360 g/mol. The zero-order valence-electron chi connectivity index (χ0n) is 14.7. The predicted octanol–water partition coefficient (Wildman–Crippen LogP) is 4.34. The summed E-state index contributed by atoms with van der Waals surface area (Å²) in [6, 6.07) is 19.2. The Hall–Kier alpha value is -2.50. The number of benzene rings is 2. The lowest BCUT2D eigenvalue weighted by molar-refractivity contribution is 0.188. The van der Waals surface area contributed by atoms with E-state index in [-0.39, 0.29) is 0 Å². The maximum atomic E-state index is 5.78. The Morgan fingerprint density at radius 1 is 1.04 bits per heavy atom. The highest BCUT2D eigenvalue weighted by atomic mass is 32.1. The molecular weight excluding hydrogens is 340 g/mol. The Balaban J connectivity index is 1.55. The standard InChI is InChI=1S/C21H20N4S/c1-15-12-20-22-24(21(26)25(20)19-9-5-4-8-18(15)19)14-23-11-10-16-6-2-3-7-17(16)13-23/h2-9,12H,10-11,13-14H2,1H3. The van der Waals surface area contributed by atoms with Crippen molar-refractivity contribution in [2.45, 2.75) is 26.6 Å². The van der Waals surface area contributed by atoms with Crippen molar-refractivity contribution in [2.24, 2.45) is 0 Å². The lowest BCUT2D eigenvalue weighted by Crippen LogP contribution is -2.32. The lowest BCUT2D eigenvalue weighted by Gasteiger charge is -2.28. The summed E-state index contributed by atoms with van der Waals surface area (Å²) in [5.74, 6) is 0. The number of nitrogens with zero attached hydrogens (tertiary/aromatic N) is 4. The van der Waals surface area contributed by atoms with Gasteiger partial charge in [-0.15, -0.1) is 0 Å². The van der Waals surface area contributed by atoms with E-state index in [1.807, 2.05) is 4.68 Å². The Bertz CT molecular complexity index is 1190. The summed E-state index contributed by atoms with van der Waals surface area (Å²) in [4.78, 5) is 2.42. The van der Waals surface area contributed by atoms with Gasteiger partial charge in [0.2, 0.25) is 4.77 Å². The molecule has 0 fully saturated rings. The van der Waals surface area contributed by atoms with Crippen LogP contribution in [0.15, 0.2) is 54.6 Å². The average Bonchev–Trinajstić information content (AvgIpc) is 2.97. The Morgan fingerprint density at radius 3 is 2.69 bits per heavy atom. The Labute approximate surface area is 157 Å². The van der Waals surface area contributed by atoms with E-state index in [0.717, 1.165) is 42.1 Å². The molecule has 0 atom stereocenters. The van der Waals surface area contributed by atoms with Crippen molar-refractivity contribution in [3.8, 4) is 0 Å². The lowest BCUT2D eigenvalue weighted by atomic mass is 10.0. The van der Waals surface area contributed by atoms with Crippen molar-refractivity contribution in [1.29, 1.82) is 0 Å². The van der Waals surface area contributed by atoms with Crippen LogP contribution in [-0.2, 0) is 19.6 Å². The number of rotatable bonds is 2. The molecule has 3 heterocycles. The van der Waals surface area contributed by atoms with Crippen molar-refractivity contribution >= 4 is 28.8 Å². The van der Waals surface area contributed by atoms with E-state index in [4.69, 9.17) is 17.3 Å². The fraction of sp³-hybridized carbons (Fsp3) is 0.238. The molecule has 130 valence electrons. The molecule has 2 aromatic heterocycles. The summed E-state index contributed by atoms with van der Waals surface area (Å²) in [7, 11) is 0. The van der Waals surface area contributed by atoms with Gasteiger partial charge in [0.05, 0.1) is 12.2 Å². The molecule has 1 aliphatic heterocycles. The molecule has 0 bridgehead atoms. The monoisotopic (exact) mass is 360 g/mol. The summed E-state index contributed by atoms with van der Waals surface area (Å²) in [5.41, 5.74) is 6.15. The van der Waals surface area contributed by atoms with Gasteiger partial charge in [-0.3, -0.25) is 9.30 Å². The number of aromatic nitrogens is 3. The van der Waals surface area contributed by atoms with Crippen LogP contribution in [0, 0.1) is 11.7 Å². The molecule has 0 N–H and O–H groups in total. The summed E-state index contributed by atoms with van der Waals surface area (Å²) >= 11 is 5.78. The van der Waals surface area contributed by atoms with Gasteiger partial charge in [-0.1, -0.05) is 42.5 Å². The van der Waals surface area contributed by atoms with Gasteiger partial charge >= 0.3 is 0 Å². The molecule has 26 heavy (non-hydrogen) atoms. The third-order valence-electron chi connectivity index (χ3n) is 5.32. The van der Waals surface area contributed by atoms with Crippen LogP contribution in [0.25, 0.3) is 16.6 Å². The van der Waals surface area contributed by atoms with Crippen molar-refractivity contribution in [3.63, 3.8) is 0 Å². The molecule has 0 radical (unpaired) electrons. The van der Waals surface area contributed by atoms with Gasteiger partial charge in [-0.2, -0.15) is 5.10 Å². The number of fused-ring (bicyclic) bond motifs is 4. The molecule has 4 nitrogen and oxygen atoms in total. The highest BCUT2D eigenvalue weighted by Crippen LogP contribution is 2.22. The van der Waals surface area contributed by atoms with Crippen LogP contribution >= 0.6 is 12.2 Å². The minimum Gasteiger partial charge on any atom is -0.280 e. The largest absolute Gasteiger partial charge is 0.280 e. The number of para-hydroxylation sites is 1. The van der Waals surface area contributed by atoms with Crippen molar-refractivity contribution < 1.29 is 0 Å². The van der Waals surface area contributed by atoms with Crippen LogP contribution in [0.1, 0.15) is 16.7 Å². The second-order valence-corrected chi connectivity index (χ2v) is 7.40. The zero-order chi connectivity index (χ0) is 17.7. The summed E-state index contributed by atoms with van der Waals surface area (Å²) in [5, 5.41) is 6.03. The van der Waals surface area contributed by atoms with E-state index >= 15 is 0 Å². The van der Waals surface area contributed by atoms with E-state index in [0.29, 0.717) is 0 Å². The van der Waals surface area contributed by atoms with Crippen molar-refractivity contribution in [2.75, 3.05) is 6.54 Å². The van der Waals surface area contributed by atoms with Gasteiger partial charge in [0.1, 0.15) is 0 Å². The van der Waals surface area contributed by atoms with E-state index in [2.05, 4.69) is 70.8 Å². The maximum absolute atomic E-state index is 5.78. The van der Waals surface area contributed by atoms with Gasteiger partial charge < -0.3 is 0 Å². The second kappa shape index (κ2) is 6.04. The first kappa shape index (κ1) is 15.7. The minimum atomic E-state index is 0.724. The molecule has 0 saturated carbocycles. The molecular formula is C21H20N4S. The summed E-state index contributed by atoms with van der Waals surface area (Å²) in [6.45, 7) is 4.84. The minimum absolute atomic E-state index is 0.724. The van der Waals surface area contributed by atoms with Crippen LogP contribution < -0.4 is 0 Å². The third kappa shape index (κ3) is 2.47. The van der Waals surface area contributed by atoms with Gasteiger partial charge in [-0.25, -0.2) is 4.68 Å². The van der Waals surface area contributed by atoms with Crippen molar-refractivity contribution in [3.05, 3.63) is 76.1 Å². The molecule has 0 spiro atoms. The molecule has 2 aromatic carbocycles. The number of pyridine rings is 1. The molecule has 0 aliphatic carbocycles. The zero-order valence-corrected chi connectivity index (χ0v) is 15.5. The summed E-state index contributed by atoms with van der Waals surface area (Å²) < 4.78 is 4.81. The first-order valence-corrected chi connectivity index (χ1v) is 9.38. The van der Waals surface area contributed by atoms with E-state index in [1.165, 1.54) is 22.1 Å². The smallest absolute Gasteiger partial charge is 0.204 e. The van der Waals surface area contributed by atoms with Crippen molar-refractivity contribution in [1.82, 2.24) is 19.1 Å². The first-order chi connectivity index (χ1) is 12.7. The maximum Gasteiger partial charge on any atom is 0.204 e. The molecule has 5 rings (SSSR count). The summed E-state index contributed by atoms with van der Waals surface area (Å²) in [6.07, 6.45) is 1.08. The van der Waals surface area contributed by atoms with Crippen LogP contribution in [-0.4, -0.2) is 25.6 Å². The van der Waals surface area contributed by atoms with E-state index in [1.54, 1.807) is 0 Å². The predicted molar refractivity (Wildman–Crippen MR) is 107 cm³/mol. The molecule has 5 heteroatoms. The van der Waals surface area contributed by atoms with Gasteiger partial charge in [0.15, 0.2) is 5.65 Å². The number of aryl methyl sites for hydroxylation is 1. The third-order valence-corrected chi connectivity index (χ3v) is 5.72. The Kier molecular flexibility index (Phi) is 3.65. The molecule has 0 unspecified atom stereocenters. The van der Waals surface area contributed by atoms with Crippen LogP contribution in [0.3, 0.4) is 0 Å². The van der Waals surface area contributed by atoms with E-state index in [9.17, 15) is 0 Å². The molecule has 0 saturated heterocycles. The van der Waals surface area contributed by atoms with Crippen LogP contribution in [0.2, 0.25) is 0 Å². The Morgan fingerprint density at radius 2 is 1.81 bits per heavy atom. The number of hydrogen-bond acceptors (Lipinski definition) is 3. The van der Waals surface area contributed by atoms with Gasteiger partial charge in [-0.05, 0) is 54.4 Å². The molecule has 0 amide bonds. The van der Waals surface area contributed by atoms with Crippen LogP contribution in [0.4, 0.5) is 0 Å². The SMILES string of the molecule is Cc1cc2nn(CN3CCc4ccccc4C3)c(=S)n2c2ccccc12. The second-order valence-electron chi connectivity index (χ2n) is 7.03. The molecule has 1 aliphatic rings. The first-order valence-electron chi connectivity index (χ1n) is 8.98.